The smallest absolute Gasteiger partial charge is 0.140 e. The van der Waals surface area contributed by atoms with Gasteiger partial charge in [0.2, 0.25) is 0 Å². The Bertz CT molecular complexity index is 847. The Morgan fingerprint density at radius 2 is 2.00 bits per heavy atom. The van der Waals surface area contributed by atoms with E-state index in [1.54, 1.807) is 12.5 Å². The molecule has 4 rings (SSSR count). The highest BCUT2D eigenvalue weighted by atomic mass is 16.3. The quantitative estimate of drug-likeness (QED) is 0.688. The molecule has 0 fully saturated rings. The fourth-order valence-corrected chi connectivity index (χ4v) is 2.80. The van der Waals surface area contributed by atoms with Crippen LogP contribution in [0.15, 0.2) is 35.2 Å². The molecule has 5 nitrogen and oxygen atoms in total. The van der Waals surface area contributed by atoms with Crippen molar-refractivity contribution < 1.29 is 4.42 Å². The second-order valence-electron chi connectivity index (χ2n) is 6.74. The van der Waals surface area contributed by atoms with E-state index >= 15 is 0 Å². The van der Waals surface area contributed by atoms with E-state index in [9.17, 15) is 0 Å². The van der Waals surface area contributed by atoms with E-state index in [0.717, 1.165) is 41.4 Å². The summed E-state index contributed by atoms with van der Waals surface area (Å²) in [7, 11) is 0. The molecule has 0 spiro atoms. The lowest BCUT2D eigenvalue weighted by molar-refractivity contribution is 0.541. The van der Waals surface area contributed by atoms with Crippen LogP contribution >= 0.6 is 0 Å². The van der Waals surface area contributed by atoms with Crippen molar-refractivity contribution in [1.82, 2.24) is 15.0 Å². The van der Waals surface area contributed by atoms with Crippen molar-refractivity contribution in [2.75, 3.05) is 4.90 Å². The summed E-state index contributed by atoms with van der Waals surface area (Å²) in [5.41, 5.74) is 3.10. The molecule has 0 atom stereocenters. The van der Waals surface area contributed by atoms with Crippen molar-refractivity contribution in [3.8, 4) is 0 Å². The van der Waals surface area contributed by atoms with Crippen LogP contribution in [0.2, 0.25) is 0 Å². The highest BCUT2D eigenvalue weighted by Gasteiger charge is 2.26. The van der Waals surface area contributed by atoms with Crippen LogP contribution in [-0.4, -0.2) is 15.0 Å². The first kappa shape index (κ1) is 13.2. The Kier molecular flexibility index (Phi) is 2.73. The van der Waals surface area contributed by atoms with Gasteiger partial charge < -0.3 is 9.32 Å². The summed E-state index contributed by atoms with van der Waals surface area (Å²) in [6.07, 6.45) is 5.45. The molecule has 3 aromatic heterocycles. The van der Waals surface area contributed by atoms with Gasteiger partial charge in [0.15, 0.2) is 0 Å². The van der Waals surface area contributed by atoms with Gasteiger partial charge >= 0.3 is 0 Å². The zero-order valence-electron chi connectivity index (χ0n) is 13.0. The van der Waals surface area contributed by atoms with Gasteiger partial charge in [0, 0.05) is 29.9 Å². The number of hydrogen-bond acceptors (Lipinski definition) is 5. The van der Waals surface area contributed by atoms with Gasteiger partial charge in [-0.2, -0.15) is 0 Å². The average Bonchev–Trinajstić information content (AvgIpc) is 3.11. The van der Waals surface area contributed by atoms with Gasteiger partial charge in [-0.25, -0.2) is 15.0 Å². The molecule has 0 unspecified atom stereocenters. The van der Waals surface area contributed by atoms with Crippen LogP contribution in [-0.2, 0) is 18.5 Å². The third kappa shape index (κ3) is 2.04. The summed E-state index contributed by atoms with van der Waals surface area (Å²) in [6.45, 7) is 7.95. The summed E-state index contributed by atoms with van der Waals surface area (Å²) < 4.78 is 5.46. The van der Waals surface area contributed by atoms with E-state index in [0.29, 0.717) is 0 Å². The number of fused-ring (bicyclic) bond motifs is 2. The van der Waals surface area contributed by atoms with Gasteiger partial charge in [0.1, 0.15) is 17.2 Å². The summed E-state index contributed by atoms with van der Waals surface area (Å²) in [5, 5.41) is 1.04. The van der Waals surface area contributed by atoms with Crippen molar-refractivity contribution >= 4 is 16.8 Å². The van der Waals surface area contributed by atoms with E-state index in [1.165, 1.54) is 5.56 Å². The number of nitrogens with zero attached hydrogens (tertiary/aromatic N) is 4. The molecule has 22 heavy (non-hydrogen) atoms. The molecule has 0 saturated heterocycles. The predicted molar refractivity (Wildman–Crippen MR) is 84.6 cm³/mol. The van der Waals surface area contributed by atoms with E-state index < -0.39 is 0 Å². The molecule has 1 aliphatic rings. The lowest BCUT2D eigenvalue weighted by Gasteiger charge is -2.17. The maximum Gasteiger partial charge on any atom is 0.140 e. The summed E-state index contributed by atoms with van der Waals surface area (Å²) in [6, 6.07) is 3.85. The van der Waals surface area contributed by atoms with Crippen LogP contribution in [0.5, 0.6) is 0 Å². The van der Waals surface area contributed by atoms with Crippen LogP contribution in [0.1, 0.15) is 37.9 Å². The molecule has 0 bridgehead atoms. The van der Waals surface area contributed by atoms with Crippen LogP contribution in [0.3, 0.4) is 0 Å². The Hall–Kier alpha value is -2.43. The minimum Gasteiger partial charge on any atom is -0.464 e. The molecule has 0 N–H and O–H groups in total. The largest absolute Gasteiger partial charge is 0.464 e. The van der Waals surface area contributed by atoms with Gasteiger partial charge in [-0.1, -0.05) is 20.8 Å². The Morgan fingerprint density at radius 1 is 1.14 bits per heavy atom. The summed E-state index contributed by atoms with van der Waals surface area (Å²) >= 11 is 0. The molecule has 0 amide bonds. The molecule has 0 saturated carbocycles. The number of hydrogen-bond donors (Lipinski definition) is 0. The van der Waals surface area contributed by atoms with Crippen molar-refractivity contribution in [3.63, 3.8) is 0 Å². The van der Waals surface area contributed by atoms with E-state index in [2.05, 4.69) is 35.6 Å². The Labute approximate surface area is 129 Å². The second-order valence-corrected chi connectivity index (χ2v) is 6.74. The molecular weight excluding hydrogens is 276 g/mol. The lowest BCUT2D eigenvalue weighted by atomic mass is 9.95. The predicted octanol–water partition coefficient (Wildman–Crippen LogP) is 3.44. The van der Waals surface area contributed by atoms with Gasteiger partial charge in [-0.05, 0) is 12.1 Å². The number of pyridine rings is 1. The monoisotopic (exact) mass is 294 g/mol. The number of aromatic nitrogens is 3. The number of rotatable bonds is 1. The van der Waals surface area contributed by atoms with Gasteiger partial charge in [-0.15, -0.1) is 0 Å². The van der Waals surface area contributed by atoms with Crippen molar-refractivity contribution in [2.45, 2.75) is 39.3 Å². The van der Waals surface area contributed by atoms with E-state index in [4.69, 9.17) is 9.40 Å². The SMILES string of the molecule is CC(C)(C)c1ncc2c(n1)CN(c1nccc3occc13)C2. The molecule has 0 aromatic carbocycles. The highest BCUT2D eigenvalue weighted by molar-refractivity contribution is 5.88. The van der Waals surface area contributed by atoms with Gasteiger partial charge in [-0.3, -0.25) is 0 Å². The lowest BCUT2D eigenvalue weighted by Crippen LogP contribution is -2.17. The molecule has 1 aliphatic heterocycles. The highest BCUT2D eigenvalue weighted by Crippen LogP contribution is 2.32. The molecular formula is C17H18N4O. The first-order valence-corrected chi connectivity index (χ1v) is 7.45. The molecule has 0 aliphatic carbocycles. The minimum atomic E-state index is -0.0364. The molecule has 4 heterocycles. The molecule has 5 heteroatoms. The van der Waals surface area contributed by atoms with Crippen LogP contribution in [0, 0.1) is 0 Å². The fourth-order valence-electron chi connectivity index (χ4n) is 2.80. The molecule has 3 aromatic rings. The van der Waals surface area contributed by atoms with E-state index in [-0.39, 0.29) is 5.41 Å². The normalized spacial score (nSPS) is 14.6. The standard InChI is InChI=1S/C17H18N4O/c1-17(2,3)16-19-8-11-9-21(10-13(11)20-16)15-12-5-7-22-14(12)4-6-18-15/h4-8H,9-10H2,1-3H3. The topological polar surface area (TPSA) is 55.1 Å². The summed E-state index contributed by atoms with van der Waals surface area (Å²) in [4.78, 5) is 16.0. The Balaban J connectivity index is 1.71. The van der Waals surface area contributed by atoms with Crippen LogP contribution in [0.25, 0.3) is 11.0 Å². The Morgan fingerprint density at radius 3 is 2.82 bits per heavy atom. The van der Waals surface area contributed by atoms with Crippen molar-refractivity contribution in [2.24, 2.45) is 0 Å². The van der Waals surface area contributed by atoms with Gasteiger partial charge in [0.25, 0.3) is 0 Å². The summed E-state index contributed by atoms with van der Waals surface area (Å²) in [5.74, 6) is 1.84. The number of anilines is 1. The third-order valence-corrected chi connectivity index (χ3v) is 3.99. The number of furan rings is 1. The average molecular weight is 294 g/mol. The maximum atomic E-state index is 5.46. The van der Waals surface area contributed by atoms with Crippen LogP contribution in [0.4, 0.5) is 5.82 Å². The minimum absolute atomic E-state index is 0.0364. The first-order valence-electron chi connectivity index (χ1n) is 7.45. The first-order chi connectivity index (χ1) is 10.5. The van der Waals surface area contributed by atoms with Crippen molar-refractivity contribution in [3.05, 3.63) is 47.9 Å². The zero-order chi connectivity index (χ0) is 15.3. The van der Waals surface area contributed by atoms with Crippen LogP contribution < -0.4 is 4.90 Å². The molecule has 0 radical (unpaired) electrons. The van der Waals surface area contributed by atoms with Gasteiger partial charge in [0.05, 0.1) is 23.9 Å². The zero-order valence-corrected chi connectivity index (χ0v) is 13.0. The van der Waals surface area contributed by atoms with E-state index in [1.807, 2.05) is 18.3 Å². The molecule has 112 valence electrons. The van der Waals surface area contributed by atoms with Crippen molar-refractivity contribution in [1.29, 1.82) is 0 Å². The third-order valence-electron chi connectivity index (χ3n) is 3.99. The maximum absolute atomic E-state index is 5.46. The fraction of sp³-hybridized carbons (Fsp3) is 0.353. The second kappa shape index (κ2) is 4.53.